The van der Waals surface area contributed by atoms with Crippen molar-refractivity contribution in [2.45, 2.75) is 26.3 Å². The molecule has 1 aliphatic heterocycles. The first-order valence-corrected chi connectivity index (χ1v) is 5.06. The highest BCUT2D eigenvalue weighted by atomic mass is 15.1. The minimum absolute atomic E-state index is 0.576. The Bertz CT molecular complexity index is 298. The molecule has 1 aromatic heterocycles. The minimum atomic E-state index is 0.576. The summed E-state index contributed by atoms with van der Waals surface area (Å²) in [6.45, 7) is 5.16. The van der Waals surface area contributed by atoms with Gasteiger partial charge in [-0.1, -0.05) is 0 Å². The second-order valence-electron chi connectivity index (χ2n) is 3.81. The number of nitrogens with two attached hydrogens (primary N) is 1. The largest absolute Gasteiger partial charge is 0.384 e. The molecule has 2 rings (SSSR count). The van der Waals surface area contributed by atoms with Gasteiger partial charge in [-0.05, 0) is 32.9 Å². The van der Waals surface area contributed by atoms with E-state index in [0.29, 0.717) is 5.82 Å². The van der Waals surface area contributed by atoms with Crippen molar-refractivity contribution in [1.82, 2.24) is 14.9 Å². The first kappa shape index (κ1) is 9.40. The molecule has 4 heteroatoms. The van der Waals surface area contributed by atoms with Crippen molar-refractivity contribution in [3.8, 4) is 0 Å². The maximum absolute atomic E-state index is 5.66. The molecule has 0 unspecified atom stereocenters. The molecule has 1 fully saturated rings. The van der Waals surface area contributed by atoms with Crippen molar-refractivity contribution < 1.29 is 0 Å². The number of rotatable bonds is 2. The molecule has 0 aliphatic carbocycles. The Morgan fingerprint density at radius 2 is 2.07 bits per heavy atom. The lowest BCUT2D eigenvalue weighted by Crippen LogP contribution is -2.19. The van der Waals surface area contributed by atoms with E-state index in [-0.39, 0.29) is 0 Å². The van der Waals surface area contributed by atoms with Crippen molar-refractivity contribution in [2.24, 2.45) is 0 Å². The highest BCUT2D eigenvalue weighted by Crippen LogP contribution is 2.12. The highest BCUT2D eigenvalue weighted by molar-refractivity contribution is 5.29. The van der Waals surface area contributed by atoms with Crippen LogP contribution in [0, 0.1) is 6.92 Å². The minimum Gasteiger partial charge on any atom is -0.384 e. The lowest BCUT2D eigenvalue weighted by atomic mass is 10.3. The summed E-state index contributed by atoms with van der Waals surface area (Å²) in [4.78, 5) is 10.8. The number of hydrogen-bond donors (Lipinski definition) is 1. The summed E-state index contributed by atoms with van der Waals surface area (Å²) in [5.41, 5.74) is 6.70. The summed E-state index contributed by atoms with van der Waals surface area (Å²) >= 11 is 0. The smallest absolute Gasteiger partial charge is 0.127 e. The van der Waals surface area contributed by atoms with Crippen molar-refractivity contribution in [3.63, 3.8) is 0 Å². The number of hydrogen-bond acceptors (Lipinski definition) is 4. The van der Waals surface area contributed by atoms with E-state index in [1.807, 2.05) is 13.0 Å². The maximum Gasteiger partial charge on any atom is 0.127 e. The molecule has 0 amide bonds. The lowest BCUT2D eigenvalue weighted by Gasteiger charge is -2.13. The molecule has 1 aromatic rings. The van der Waals surface area contributed by atoms with Crippen LogP contribution in [0.3, 0.4) is 0 Å². The van der Waals surface area contributed by atoms with Gasteiger partial charge in [0.1, 0.15) is 11.6 Å². The van der Waals surface area contributed by atoms with Crippen LogP contribution in [0.15, 0.2) is 6.07 Å². The quantitative estimate of drug-likeness (QED) is 0.758. The molecule has 0 atom stereocenters. The maximum atomic E-state index is 5.66. The van der Waals surface area contributed by atoms with Crippen LogP contribution in [0.2, 0.25) is 0 Å². The van der Waals surface area contributed by atoms with E-state index < -0.39 is 0 Å². The summed E-state index contributed by atoms with van der Waals surface area (Å²) in [6.07, 6.45) is 2.61. The molecule has 0 spiro atoms. The molecule has 14 heavy (non-hydrogen) atoms. The molecule has 1 aliphatic rings. The third kappa shape index (κ3) is 2.20. The number of nitrogens with zero attached hydrogens (tertiary/aromatic N) is 3. The fourth-order valence-corrected chi connectivity index (χ4v) is 1.91. The lowest BCUT2D eigenvalue weighted by molar-refractivity contribution is 0.327. The molecule has 2 heterocycles. The first-order chi connectivity index (χ1) is 6.74. The predicted molar refractivity (Wildman–Crippen MR) is 55.7 cm³/mol. The van der Waals surface area contributed by atoms with E-state index in [2.05, 4.69) is 14.9 Å². The second-order valence-corrected chi connectivity index (χ2v) is 3.81. The van der Waals surface area contributed by atoms with Crippen molar-refractivity contribution in [1.29, 1.82) is 0 Å². The van der Waals surface area contributed by atoms with E-state index in [1.54, 1.807) is 0 Å². The summed E-state index contributed by atoms with van der Waals surface area (Å²) in [6, 6.07) is 1.87. The van der Waals surface area contributed by atoms with Crippen molar-refractivity contribution in [2.75, 3.05) is 18.8 Å². The van der Waals surface area contributed by atoms with Gasteiger partial charge in [0.15, 0.2) is 0 Å². The zero-order valence-electron chi connectivity index (χ0n) is 8.53. The Hall–Kier alpha value is -1.16. The van der Waals surface area contributed by atoms with Gasteiger partial charge in [0.05, 0.1) is 5.69 Å². The number of aromatic nitrogens is 2. The van der Waals surface area contributed by atoms with Gasteiger partial charge < -0.3 is 5.73 Å². The van der Waals surface area contributed by atoms with Gasteiger partial charge in [0.25, 0.3) is 0 Å². The van der Waals surface area contributed by atoms with E-state index in [0.717, 1.165) is 18.1 Å². The summed E-state index contributed by atoms with van der Waals surface area (Å²) < 4.78 is 0. The van der Waals surface area contributed by atoms with Crippen LogP contribution < -0.4 is 5.73 Å². The predicted octanol–water partition coefficient (Wildman–Crippen LogP) is 0.963. The molecular formula is C10H16N4. The average Bonchev–Trinajstić information content (AvgIpc) is 2.54. The van der Waals surface area contributed by atoms with Gasteiger partial charge in [-0.15, -0.1) is 0 Å². The zero-order chi connectivity index (χ0) is 9.97. The fraction of sp³-hybridized carbons (Fsp3) is 0.600. The molecule has 1 saturated heterocycles. The number of nitrogen functional groups attached to an aromatic ring is 1. The fourth-order valence-electron chi connectivity index (χ4n) is 1.91. The van der Waals surface area contributed by atoms with Crippen LogP contribution in [-0.4, -0.2) is 28.0 Å². The van der Waals surface area contributed by atoms with E-state index in [1.165, 1.54) is 25.9 Å². The number of likely N-dealkylation sites (tertiary alicyclic amines) is 1. The summed E-state index contributed by atoms with van der Waals surface area (Å²) in [7, 11) is 0. The second kappa shape index (κ2) is 3.92. The first-order valence-electron chi connectivity index (χ1n) is 5.06. The van der Waals surface area contributed by atoms with Crippen LogP contribution in [0.4, 0.5) is 5.82 Å². The number of aryl methyl sites for hydroxylation is 1. The molecule has 4 nitrogen and oxygen atoms in total. The van der Waals surface area contributed by atoms with Crippen LogP contribution in [-0.2, 0) is 6.54 Å². The zero-order valence-corrected chi connectivity index (χ0v) is 8.53. The van der Waals surface area contributed by atoms with E-state index >= 15 is 0 Å². The average molecular weight is 192 g/mol. The van der Waals surface area contributed by atoms with Crippen LogP contribution >= 0.6 is 0 Å². The van der Waals surface area contributed by atoms with Gasteiger partial charge >= 0.3 is 0 Å². The van der Waals surface area contributed by atoms with Crippen LogP contribution in [0.5, 0.6) is 0 Å². The van der Waals surface area contributed by atoms with E-state index in [4.69, 9.17) is 5.73 Å². The topological polar surface area (TPSA) is 55.0 Å². The third-order valence-corrected chi connectivity index (χ3v) is 2.50. The van der Waals surface area contributed by atoms with Crippen molar-refractivity contribution >= 4 is 5.82 Å². The van der Waals surface area contributed by atoms with Gasteiger partial charge in [0, 0.05) is 12.6 Å². The summed E-state index contributed by atoms with van der Waals surface area (Å²) in [5, 5.41) is 0. The highest BCUT2D eigenvalue weighted by Gasteiger charge is 2.12. The monoisotopic (exact) mass is 192 g/mol. The Labute approximate surface area is 84.2 Å². The van der Waals surface area contributed by atoms with Crippen LogP contribution in [0.25, 0.3) is 0 Å². The molecule has 2 N–H and O–H groups in total. The molecule has 0 aromatic carbocycles. The molecule has 76 valence electrons. The Morgan fingerprint density at radius 1 is 1.36 bits per heavy atom. The standard InChI is InChI=1S/C10H16N4/c1-8-12-9(6-10(11)13-8)7-14-4-2-3-5-14/h6H,2-5,7H2,1H3,(H2,11,12,13). The Balaban J connectivity index is 2.07. The molecular weight excluding hydrogens is 176 g/mol. The normalized spacial score (nSPS) is 17.5. The SMILES string of the molecule is Cc1nc(N)cc(CN2CCCC2)n1. The third-order valence-electron chi connectivity index (χ3n) is 2.50. The number of anilines is 1. The molecule has 0 radical (unpaired) electrons. The Kier molecular flexibility index (Phi) is 2.63. The van der Waals surface area contributed by atoms with Gasteiger partial charge in [-0.2, -0.15) is 0 Å². The van der Waals surface area contributed by atoms with Gasteiger partial charge in [-0.3, -0.25) is 4.90 Å². The molecule has 0 saturated carbocycles. The molecule has 0 bridgehead atoms. The van der Waals surface area contributed by atoms with Gasteiger partial charge in [-0.25, -0.2) is 9.97 Å². The van der Waals surface area contributed by atoms with Gasteiger partial charge in [0.2, 0.25) is 0 Å². The van der Waals surface area contributed by atoms with E-state index in [9.17, 15) is 0 Å². The summed E-state index contributed by atoms with van der Waals surface area (Å²) in [5.74, 6) is 1.34. The Morgan fingerprint density at radius 3 is 2.71 bits per heavy atom. The van der Waals surface area contributed by atoms with Crippen LogP contribution in [0.1, 0.15) is 24.4 Å². The van der Waals surface area contributed by atoms with Crippen molar-refractivity contribution in [3.05, 3.63) is 17.6 Å².